The number of hydrogen-bond acceptors (Lipinski definition) is 2. The predicted octanol–water partition coefficient (Wildman–Crippen LogP) is 2.77. The molecule has 3 nitrogen and oxygen atoms in total. The minimum absolute atomic E-state index is 0. The zero-order chi connectivity index (χ0) is 13.0. The summed E-state index contributed by atoms with van der Waals surface area (Å²) in [7, 11) is 3.86. The second-order valence-corrected chi connectivity index (χ2v) is 4.51. The van der Waals surface area contributed by atoms with Crippen molar-refractivity contribution in [1.82, 2.24) is 4.90 Å². The van der Waals surface area contributed by atoms with E-state index in [9.17, 15) is 4.79 Å². The highest BCUT2D eigenvalue weighted by Crippen LogP contribution is 2.22. The number of likely N-dealkylation sites (N-methyl/N-ethyl adjacent to an activating group) is 1. The van der Waals surface area contributed by atoms with Gasteiger partial charge in [-0.25, -0.2) is 0 Å². The van der Waals surface area contributed by atoms with Crippen LogP contribution in [0.15, 0.2) is 60.7 Å². The predicted molar refractivity (Wildman–Crippen MR) is 84.5 cm³/mol. The van der Waals surface area contributed by atoms with Gasteiger partial charge in [0.25, 0.3) is 0 Å². The highest BCUT2D eigenvalue weighted by atomic mass is 35.5. The molecule has 0 aliphatic heterocycles. The third-order valence-corrected chi connectivity index (χ3v) is 2.94. The largest absolute Gasteiger partial charge is 0.412 e. The molecule has 2 aromatic carbocycles. The first-order valence-electron chi connectivity index (χ1n) is 6.01. The van der Waals surface area contributed by atoms with Gasteiger partial charge in [0.2, 0.25) is 0 Å². The average molecular weight is 294 g/mol. The van der Waals surface area contributed by atoms with Crippen molar-refractivity contribution in [3.05, 3.63) is 71.8 Å². The van der Waals surface area contributed by atoms with E-state index in [1.807, 2.05) is 79.7 Å². The summed E-state index contributed by atoms with van der Waals surface area (Å²) in [5, 5.41) is 0. The van der Waals surface area contributed by atoms with Crippen molar-refractivity contribution >= 4 is 18.2 Å². The molecule has 0 spiro atoms. The fraction of sp³-hybridized carbons (Fsp3) is 0.188. The van der Waals surface area contributed by atoms with Crippen LogP contribution in [0, 0.1) is 0 Å². The van der Waals surface area contributed by atoms with Crippen LogP contribution in [0.5, 0.6) is 0 Å². The van der Waals surface area contributed by atoms with Gasteiger partial charge >= 0.3 is 0 Å². The Morgan fingerprint density at radius 2 is 1.35 bits per heavy atom. The third kappa shape index (κ3) is 4.17. The molecule has 0 aromatic heterocycles. The molecule has 0 saturated carbocycles. The van der Waals surface area contributed by atoms with Crippen molar-refractivity contribution in [3.63, 3.8) is 0 Å². The van der Waals surface area contributed by atoms with Crippen molar-refractivity contribution in [2.24, 2.45) is 0 Å². The minimum atomic E-state index is -0.228. The van der Waals surface area contributed by atoms with Gasteiger partial charge < -0.3 is 5.48 Å². The SMILES string of the molecule is CN(C)C(C(=O)c1ccccc1)c1ccccc1.Cl.O. The van der Waals surface area contributed by atoms with Crippen molar-refractivity contribution in [1.29, 1.82) is 0 Å². The number of hydrogen-bond donors (Lipinski definition) is 0. The Kier molecular flexibility index (Phi) is 7.77. The minimum Gasteiger partial charge on any atom is -0.412 e. The van der Waals surface area contributed by atoms with E-state index in [1.54, 1.807) is 0 Å². The van der Waals surface area contributed by atoms with Crippen LogP contribution in [0.2, 0.25) is 0 Å². The lowest BCUT2D eigenvalue weighted by Gasteiger charge is -2.23. The van der Waals surface area contributed by atoms with E-state index in [0.717, 1.165) is 11.1 Å². The fourth-order valence-electron chi connectivity index (χ4n) is 2.08. The zero-order valence-corrected chi connectivity index (χ0v) is 12.4. The summed E-state index contributed by atoms with van der Waals surface area (Å²) in [6.07, 6.45) is 0. The first-order chi connectivity index (χ1) is 8.70. The Balaban J connectivity index is 0.00000180. The molecule has 0 radical (unpaired) electrons. The van der Waals surface area contributed by atoms with E-state index in [0.29, 0.717) is 0 Å². The summed E-state index contributed by atoms with van der Waals surface area (Å²) in [6.45, 7) is 0. The molecule has 0 aliphatic rings. The number of halogens is 1. The van der Waals surface area contributed by atoms with Crippen LogP contribution in [-0.4, -0.2) is 30.3 Å². The molecule has 0 saturated heterocycles. The van der Waals surface area contributed by atoms with Gasteiger partial charge in [0.15, 0.2) is 5.78 Å². The Morgan fingerprint density at radius 3 is 1.80 bits per heavy atom. The van der Waals surface area contributed by atoms with Gasteiger partial charge in [0.05, 0.1) is 6.04 Å². The summed E-state index contributed by atoms with van der Waals surface area (Å²) in [5.41, 5.74) is 1.77. The molecule has 0 bridgehead atoms. The van der Waals surface area contributed by atoms with E-state index in [-0.39, 0.29) is 29.7 Å². The zero-order valence-electron chi connectivity index (χ0n) is 11.6. The summed E-state index contributed by atoms with van der Waals surface area (Å²) in [5.74, 6) is 0.131. The first kappa shape index (κ1) is 18.3. The molecule has 0 heterocycles. The maximum atomic E-state index is 12.5. The van der Waals surface area contributed by atoms with Crippen LogP contribution >= 0.6 is 12.4 Å². The van der Waals surface area contributed by atoms with Crippen LogP contribution in [0.1, 0.15) is 22.0 Å². The summed E-state index contributed by atoms with van der Waals surface area (Å²) in [4.78, 5) is 14.5. The number of ketones is 1. The van der Waals surface area contributed by atoms with Crippen molar-refractivity contribution in [2.75, 3.05) is 14.1 Å². The molecule has 0 amide bonds. The normalized spacial score (nSPS) is 11.2. The van der Waals surface area contributed by atoms with Gasteiger partial charge in [0.1, 0.15) is 0 Å². The van der Waals surface area contributed by atoms with Crippen LogP contribution < -0.4 is 0 Å². The molecule has 2 aromatic rings. The Morgan fingerprint density at radius 1 is 0.900 bits per heavy atom. The number of nitrogens with zero attached hydrogens (tertiary/aromatic N) is 1. The molecule has 0 aliphatic carbocycles. The molecular formula is C16H20ClNO2. The third-order valence-electron chi connectivity index (χ3n) is 2.94. The summed E-state index contributed by atoms with van der Waals surface area (Å²) in [6, 6.07) is 19.1. The van der Waals surface area contributed by atoms with E-state index < -0.39 is 0 Å². The van der Waals surface area contributed by atoms with E-state index in [4.69, 9.17) is 0 Å². The highest BCUT2D eigenvalue weighted by molar-refractivity contribution is 6.00. The molecule has 0 fully saturated rings. The van der Waals surface area contributed by atoms with Crippen LogP contribution in [0.3, 0.4) is 0 Å². The number of rotatable bonds is 4. The maximum absolute atomic E-state index is 12.5. The number of benzene rings is 2. The molecule has 108 valence electrons. The lowest BCUT2D eigenvalue weighted by molar-refractivity contribution is 0.0875. The quantitative estimate of drug-likeness (QED) is 0.814. The van der Waals surface area contributed by atoms with Gasteiger partial charge in [-0.3, -0.25) is 9.69 Å². The van der Waals surface area contributed by atoms with Gasteiger partial charge in [-0.15, -0.1) is 12.4 Å². The highest BCUT2D eigenvalue weighted by Gasteiger charge is 2.23. The topological polar surface area (TPSA) is 51.8 Å². The monoisotopic (exact) mass is 293 g/mol. The van der Waals surface area contributed by atoms with Crippen molar-refractivity contribution < 1.29 is 10.3 Å². The lowest BCUT2D eigenvalue weighted by Crippen LogP contribution is -2.27. The summed E-state index contributed by atoms with van der Waals surface area (Å²) < 4.78 is 0. The molecule has 2 rings (SSSR count). The Hall–Kier alpha value is -1.68. The smallest absolute Gasteiger partial charge is 0.184 e. The van der Waals surface area contributed by atoms with E-state index in [2.05, 4.69) is 0 Å². The van der Waals surface area contributed by atoms with Crippen molar-refractivity contribution in [3.8, 4) is 0 Å². The molecule has 20 heavy (non-hydrogen) atoms. The maximum Gasteiger partial charge on any atom is 0.184 e. The number of carbonyl (C=O) groups is 1. The number of carbonyl (C=O) groups excluding carboxylic acids is 1. The van der Waals surface area contributed by atoms with Crippen LogP contribution in [0.4, 0.5) is 0 Å². The second-order valence-electron chi connectivity index (χ2n) is 4.51. The summed E-state index contributed by atoms with van der Waals surface area (Å²) >= 11 is 0. The molecular weight excluding hydrogens is 274 g/mol. The Bertz CT molecular complexity index is 515. The second kappa shape index (κ2) is 8.48. The standard InChI is InChI=1S/C16H17NO.ClH.H2O/c1-17(2)15(13-9-5-3-6-10-13)16(18)14-11-7-4-8-12-14;;/h3-12,15H,1-2H3;1H;1H2. The average Bonchev–Trinajstić information content (AvgIpc) is 2.40. The van der Waals surface area contributed by atoms with Crippen LogP contribution in [0.25, 0.3) is 0 Å². The van der Waals surface area contributed by atoms with Crippen LogP contribution in [-0.2, 0) is 0 Å². The lowest BCUT2D eigenvalue weighted by atomic mass is 9.97. The molecule has 1 atom stereocenters. The van der Waals surface area contributed by atoms with E-state index >= 15 is 0 Å². The van der Waals surface area contributed by atoms with Gasteiger partial charge in [-0.1, -0.05) is 60.7 Å². The first-order valence-corrected chi connectivity index (χ1v) is 6.01. The molecule has 4 heteroatoms. The Labute approximate surface area is 126 Å². The fourth-order valence-corrected chi connectivity index (χ4v) is 2.08. The van der Waals surface area contributed by atoms with Gasteiger partial charge in [0, 0.05) is 5.56 Å². The number of Topliss-reactive ketones (excluding diaryl/α,β-unsaturated/α-hetero) is 1. The van der Waals surface area contributed by atoms with Gasteiger partial charge in [-0.05, 0) is 19.7 Å². The molecule has 2 N–H and O–H groups in total. The van der Waals surface area contributed by atoms with Gasteiger partial charge in [-0.2, -0.15) is 0 Å². The van der Waals surface area contributed by atoms with E-state index in [1.165, 1.54) is 0 Å². The molecule has 1 unspecified atom stereocenters. The van der Waals surface area contributed by atoms with Crippen molar-refractivity contribution in [2.45, 2.75) is 6.04 Å².